The van der Waals surface area contributed by atoms with Crippen LogP contribution in [0.25, 0.3) is 10.9 Å². The van der Waals surface area contributed by atoms with Gasteiger partial charge < -0.3 is 14.8 Å². The van der Waals surface area contributed by atoms with Crippen molar-refractivity contribution in [1.82, 2.24) is 9.71 Å². The predicted octanol–water partition coefficient (Wildman–Crippen LogP) is 2.50. The molecule has 0 saturated carbocycles. The molecule has 136 valence electrons. The Morgan fingerprint density at radius 1 is 1.19 bits per heavy atom. The maximum absolute atomic E-state index is 12.5. The van der Waals surface area contributed by atoms with E-state index in [4.69, 9.17) is 9.84 Å². The van der Waals surface area contributed by atoms with Crippen LogP contribution >= 0.6 is 0 Å². The van der Waals surface area contributed by atoms with Crippen molar-refractivity contribution in [3.8, 4) is 5.75 Å². The van der Waals surface area contributed by atoms with E-state index >= 15 is 0 Å². The molecule has 8 heteroatoms. The fourth-order valence-electron chi connectivity index (χ4n) is 2.53. The van der Waals surface area contributed by atoms with Crippen LogP contribution in [0.1, 0.15) is 12.5 Å². The van der Waals surface area contributed by atoms with E-state index in [2.05, 4.69) is 9.71 Å². The standard InChI is InChI=1S/C18H18N2O5S/c1-12(18(21)22)20-26(23,24)16-10-19-17-14(16)8-5-9-15(17)25-11-13-6-3-2-4-7-13/h2-10,12,19-20H,11H2,1H3,(H,21,22)/t12-/m1/s1. The summed E-state index contributed by atoms with van der Waals surface area (Å²) in [6.45, 7) is 1.61. The highest BCUT2D eigenvalue weighted by molar-refractivity contribution is 7.89. The molecule has 1 atom stereocenters. The number of carboxylic acids is 1. The zero-order chi connectivity index (χ0) is 18.7. The Morgan fingerprint density at radius 3 is 2.62 bits per heavy atom. The Kier molecular flexibility index (Phi) is 4.97. The first-order chi connectivity index (χ1) is 12.4. The number of sulfonamides is 1. The maximum atomic E-state index is 12.5. The molecule has 0 aliphatic heterocycles. The zero-order valence-corrected chi connectivity index (χ0v) is 14.8. The van der Waals surface area contributed by atoms with Crippen LogP contribution in [0.5, 0.6) is 5.75 Å². The fourth-order valence-corrected chi connectivity index (χ4v) is 3.89. The first-order valence-corrected chi connectivity index (χ1v) is 9.39. The third-order valence-electron chi connectivity index (χ3n) is 3.87. The second-order valence-electron chi connectivity index (χ2n) is 5.79. The summed E-state index contributed by atoms with van der Waals surface area (Å²) in [7, 11) is -3.99. The summed E-state index contributed by atoms with van der Waals surface area (Å²) in [6.07, 6.45) is 1.33. The van der Waals surface area contributed by atoms with Crippen molar-refractivity contribution in [3.63, 3.8) is 0 Å². The molecule has 0 amide bonds. The lowest BCUT2D eigenvalue weighted by Gasteiger charge is -2.10. The molecule has 0 saturated heterocycles. The molecule has 0 aliphatic carbocycles. The molecule has 26 heavy (non-hydrogen) atoms. The molecular formula is C18H18N2O5S. The van der Waals surface area contributed by atoms with Crippen LogP contribution in [0.3, 0.4) is 0 Å². The molecule has 0 aliphatic rings. The molecule has 0 spiro atoms. The molecular weight excluding hydrogens is 356 g/mol. The van der Waals surface area contributed by atoms with Gasteiger partial charge in [0.25, 0.3) is 0 Å². The van der Waals surface area contributed by atoms with Gasteiger partial charge in [0.15, 0.2) is 0 Å². The minimum absolute atomic E-state index is 0.0224. The third kappa shape index (κ3) is 3.71. The second-order valence-corrected chi connectivity index (χ2v) is 7.47. The van der Waals surface area contributed by atoms with Gasteiger partial charge in [-0.25, -0.2) is 8.42 Å². The highest BCUT2D eigenvalue weighted by Gasteiger charge is 2.25. The van der Waals surface area contributed by atoms with Crippen LogP contribution in [0, 0.1) is 0 Å². The molecule has 1 heterocycles. The third-order valence-corrected chi connectivity index (χ3v) is 5.45. The number of ether oxygens (including phenoxy) is 1. The highest BCUT2D eigenvalue weighted by Crippen LogP contribution is 2.30. The van der Waals surface area contributed by atoms with Crippen LogP contribution in [0.15, 0.2) is 59.6 Å². The second kappa shape index (κ2) is 7.19. The van der Waals surface area contributed by atoms with Gasteiger partial charge in [-0.1, -0.05) is 42.5 Å². The topological polar surface area (TPSA) is 108 Å². The number of aromatic nitrogens is 1. The lowest BCUT2D eigenvalue weighted by molar-refractivity contribution is -0.138. The lowest BCUT2D eigenvalue weighted by Crippen LogP contribution is -2.38. The van der Waals surface area contributed by atoms with Crippen molar-refractivity contribution in [2.75, 3.05) is 0 Å². The van der Waals surface area contributed by atoms with E-state index in [0.29, 0.717) is 23.3 Å². The van der Waals surface area contributed by atoms with Crippen molar-refractivity contribution in [2.24, 2.45) is 0 Å². The van der Waals surface area contributed by atoms with Crippen molar-refractivity contribution in [1.29, 1.82) is 0 Å². The van der Waals surface area contributed by atoms with E-state index in [1.807, 2.05) is 30.3 Å². The molecule has 3 aromatic rings. The van der Waals surface area contributed by atoms with E-state index < -0.39 is 22.0 Å². The number of rotatable bonds is 7. The Balaban J connectivity index is 1.90. The fraction of sp³-hybridized carbons (Fsp3) is 0.167. The largest absolute Gasteiger partial charge is 0.487 e. The quantitative estimate of drug-likeness (QED) is 0.589. The smallest absolute Gasteiger partial charge is 0.321 e. The van der Waals surface area contributed by atoms with E-state index in [9.17, 15) is 13.2 Å². The minimum Gasteiger partial charge on any atom is -0.487 e. The van der Waals surface area contributed by atoms with Gasteiger partial charge in [0.05, 0.1) is 5.52 Å². The summed E-state index contributed by atoms with van der Waals surface area (Å²) in [6, 6.07) is 13.4. The average molecular weight is 374 g/mol. The summed E-state index contributed by atoms with van der Waals surface area (Å²) < 4.78 is 32.9. The van der Waals surface area contributed by atoms with Gasteiger partial charge in [0.2, 0.25) is 10.0 Å². The number of aromatic amines is 1. The molecule has 0 unspecified atom stereocenters. The summed E-state index contributed by atoms with van der Waals surface area (Å²) in [4.78, 5) is 13.8. The number of H-pyrrole nitrogens is 1. The summed E-state index contributed by atoms with van der Waals surface area (Å²) in [5.41, 5.74) is 1.52. The minimum atomic E-state index is -3.99. The van der Waals surface area contributed by atoms with E-state index in [0.717, 1.165) is 5.56 Å². The summed E-state index contributed by atoms with van der Waals surface area (Å²) >= 11 is 0. The number of carbonyl (C=O) groups is 1. The molecule has 2 aromatic carbocycles. The maximum Gasteiger partial charge on any atom is 0.321 e. The average Bonchev–Trinajstić information content (AvgIpc) is 3.06. The first kappa shape index (κ1) is 18.0. The molecule has 0 bridgehead atoms. The van der Waals surface area contributed by atoms with Gasteiger partial charge in [-0.05, 0) is 18.6 Å². The summed E-state index contributed by atoms with van der Waals surface area (Å²) in [5.74, 6) is -0.737. The number of benzene rings is 2. The van der Waals surface area contributed by atoms with E-state index in [1.54, 1.807) is 18.2 Å². The summed E-state index contributed by atoms with van der Waals surface area (Å²) in [5, 5.41) is 9.35. The molecule has 0 fully saturated rings. The van der Waals surface area contributed by atoms with Crippen LogP contribution in [0.4, 0.5) is 0 Å². The van der Waals surface area contributed by atoms with Gasteiger partial charge in [-0.15, -0.1) is 0 Å². The van der Waals surface area contributed by atoms with Gasteiger partial charge in [-0.3, -0.25) is 4.79 Å². The molecule has 3 N–H and O–H groups in total. The SMILES string of the molecule is C[C@@H](NS(=O)(=O)c1c[nH]c2c(OCc3ccccc3)cccc12)C(=O)O. The lowest BCUT2D eigenvalue weighted by atomic mass is 10.2. The van der Waals surface area contributed by atoms with Gasteiger partial charge in [-0.2, -0.15) is 4.72 Å². The van der Waals surface area contributed by atoms with Crippen LogP contribution < -0.4 is 9.46 Å². The van der Waals surface area contributed by atoms with Crippen LogP contribution in [-0.4, -0.2) is 30.5 Å². The first-order valence-electron chi connectivity index (χ1n) is 7.90. The molecule has 7 nitrogen and oxygen atoms in total. The number of carboxylic acid groups (broad SMARTS) is 1. The molecule has 3 rings (SSSR count). The number of para-hydroxylation sites is 1. The van der Waals surface area contributed by atoms with Crippen LogP contribution in [0.2, 0.25) is 0 Å². The number of nitrogens with one attached hydrogen (secondary N) is 2. The van der Waals surface area contributed by atoms with Crippen molar-refractivity contribution >= 4 is 26.9 Å². The van der Waals surface area contributed by atoms with Gasteiger partial charge >= 0.3 is 5.97 Å². The Hall–Kier alpha value is -2.84. The Labute approximate surface area is 150 Å². The van der Waals surface area contributed by atoms with Crippen molar-refractivity contribution in [2.45, 2.75) is 24.5 Å². The Bertz CT molecular complexity index is 1030. The van der Waals surface area contributed by atoms with Crippen LogP contribution in [-0.2, 0) is 21.4 Å². The van der Waals surface area contributed by atoms with Crippen molar-refractivity contribution < 1.29 is 23.1 Å². The number of fused-ring (bicyclic) bond motifs is 1. The van der Waals surface area contributed by atoms with E-state index in [-0.39, 0.29) is 4.90 Å². The van der Waals surface area contributed by atoms with Crippen molar-refractivity contribution in [3.05, 3.63) is 60.3 Å². The Morgan fingerprint density at radius 2 is 1.92 bits per heavy atom. The monoisotopic (exact) mass is 374 g/mol. The number of hydrogen-bond acceptors (Lipinski definition) is 4. The number of aliphatic carboxylic acids is 1. The predicted molar refractivity (Wildman–Crippen MR) is 96.5 cm³/mol. The number of hydrogen-bond donors (Lipinski definition) is 3. The normalized spacial score (nSPS) is 12.8. The zero-order valence-electron chi connectivity index (χ0n) is 14.0. The highest BCUT2D eigenvalue weighted by atomic mass is 32.2. The van der Waals surface area contributed by atoms with Gasteiger partial charge in [0, 0.05) is 11.6 Å². The molecule has 0 radical (unpaired) electrons. The molecule has 1 aromatic heterocycles. The van der Waals surface area contributed by atoms with Gasteiger partial charge in [0.1, 0.15) is 23.3 Å². The van der Waals surface area contributed by atoms with E-state index in [1.165, 1.54) is 13.1 Å².